The van der Waals surface area contributed by atoms with E-state index < -0.39 is 18.6 Å². The zero-order valence-electron chi connectivity index (χ0n) is 13.9. The van der Waals surface area contributed by atoms with E-state index in [-0.39, 0.29) is 23.4 Å². The van der Waals surface area contributed by atoms with Crippen molar-refractivity contribution in [3.63, 3.8) is 0 Å². The lowest BCUT2D eigenvalue weighted by Gasteiger charge is -2.10. The molecule has 8 nitrogen and oxygen atoms in total. The lowest BCUT2D eigenvalue weighted by atomic mass is 10.1. The predicted octanol–water partition coefficient (Wildman–Crippen LogP) is 0.436. The average Bonchev–Trinajstić information content (AvgIpc) is 3.07. The topological polar surface area (TPSA) is 109 Å². The summed E-state index contributed by atoms with van der Waals surface area (Å²) in [5.41, 5.74) is 1.01. The van der Waals surface area contributed by atoms with E-state index in [2.05, 4.69) is 10.3 Å². The van der Waals surface area contributed by atoms with E-state index >= 15 is 0 Å². The fraction of sp³-hybridized carbons (Fsp3) is 0.235. The number of hydrogen-bond acceptors (Lipinski definition) is 5. The minimum absolute atomic E-state index is 0.0311. The second-order valence-corrected chi connectivity index (χ2v) is 6.17. The molecule has 0 aliphatic heterocycles. The van der Waals surface area contributed by atoms with Gasteiger partial charge >= 0.3 is 0 Å². The summed E-state index contributed by atoms with van der Waals surface area (Å²) in [7, 11) is 1.60. The quantitative estimate of drug-likeness (QED) is 0.598. The first kappa shape index (κ1) is 18.1. The largest absolute Gasteiger partial charge is 0.394 e. The second kappa shape index (κ2) is 7.28. The van der Waals surface area contributed by atoms with Crippen LogP contribution in [0.15, 0.2) is 41.5 Å². The number of hydrogen-bond donors (Lipinski definition) is 3. The van der Waals surface area contributed by atoms with Crippen molar-refractivity contribution in [1.29, 1.82) is 0 Å². The van der Waals surface area contributed by atoms with E-state index in [1.54, 1.807) is 31.4 Å². The third-order valence-corrected chi connectivity index (χ3v) is 4.27. The van der Waals surface area contributed by atoms with Gasteiger partial charge in [0.2, 0.25) is 5.65 Å². The van der Waals surface area contributed by atoms with Gasteiger partial charge in [0.1, 0.15) is 5.69 Å². The number of aliphatic hydroxyl groups is 2. The number of aliphatic hydroxyl groups excluding tert-OH is 2. The molecule has 0 aliphatic rings. The van der Waals surface area contributed by atoms with Crippen molar-refractivity contribution >= 4 is 23.2 Å². The van der Waals surface area contributed by atoms with E-state index in [1.807, 2.05) is 6.07 Å². The van der Waals surface area contributed by atoms with Crippen molar-refractivity contribution in [3.8, 4) is 11.3 Å². The Hall–Kier alpha value is -2.68. The zero-order valence-corrected chi connectivity index (χ0v) is 14.6. The van der Waals surface area contributed by atoms with Crippen LogP contribution in [-0.4, -0.2) is 49.3 Å². The van der Waals surface area contributed by atoms with Crippen molar-refractivity contribution in [2.24, 2.45) is 7.05 Å². The number of imidazole rings is 1. The summed E-state index contributed by atoms with van der Waals surface area (Å²) >= 11 is 6.23. The molecule has 0 fully saturated rings. The average molecular weight is 377 g/mol. The molecule has 1 amide bonds. The molecule has 0 saturated heterocycles. The van der Waals surface area contributed by atoms with E-state index in [4.69, 9.17) is 16.7 Å². The van der Waals surface area contributed by atoms with Gasteiger partial charge in [0.05, 0.1) is 18.4 Å². The summed E-state index contributed by atoms with van der Waals surface area (Å²) < 4.78 is 2.89. The molecule has 1 aromatic carbocycles. The van der Waals surface area contributed by atoms with Crippen molar-refractivity contribution in [1.82, 2.24) is 19.3 Å². The van der Waals surface area contributed by atoms with Crippen LogP contribution in [0.3, 0.4) is 0 Å². The van der Waals surface area contributed by atoms with Crippen LogP contribution in [0.4, 0.5) is 0 Å². The smallest absolute Gasteiger partial charge is 0.294 e. The first-order valence-electron chi connectivity index (χ1n) is 7.83. The zero-order chi connectivity index (χ0) is 18.8. The van der Waals surface area contributed by atoms with Crippen LogP contribution in [0.5, 0.6) is 0 Å². The number of amides is 1. The Balaban J connectivity index is 2.03. The summed E-state index contributed by atoms with van der Waals surface area (Å²) in [6, 6.07) is 7.13. The van der Waals surface area contributed by atoms with Crippen LogP contribution in [0.1, 0.15) is 10.5 Å². The van der Waals surface area contributed by atoms with Gasteiger partial charge in [0.25, 0.3) is 11.5 Å². The third-order valence-electron chi connectivity index (χ3n) is 3.94. The van der Waals surface area contributed by atoms with Gasteiger partial charge in [-0.2, -0.15) is 0 Å². The van der Waals surface area contributed by atoms with Gasteiger partial charge in [-0.1, -0.05) is 29.8 Å². The first-order valence-corrected chi connectivity index (χ1v) is 8.21. The Morgan fingerprint density at radius 2 is 2.08 bits per heavy atom. The van der Waals surface area contributed by atoms with Crippen LogP contribution in [-0.2, 0) is 7.05 Å². The van der Waals surface area contributed by atoms with Crippen molar-refractivity contribution < 1.29 is 15.0 Å². The van der Waals surface area contributed by atoms with Crippen molar-refractivity contribution in [2.45, 2.75) is 6.10 Å². The predicted molar refractivity (Wildman–Crippen MR) is 96.3 cm³/mol. The molecular weight excluding hydrogens is 360 g/mol. The Labute approximate surface area is 153 Å². The van der Waals surface area contributed by atoms with Crippen LogP contribution >= 0.6 is 11.6 Å². The second-order valence-electron chi connectivity index (χ2n) is 5.76. The van der Waals surface area contributed by atoms with Gasteiger partial charge in [-0.3, -0.25) is 14.0 Å². The maximum atomic E-state index is 12.6. The molecule has 0 unspecified atom stereocenters. The number of carbonyl (C=O) groups excluding carboxylic acids is 1. The van der Waals surface area contributed by atoms with E-state index in [0.29, 0.717) is 16.3 Å². The molecule has 0 aliphatic carbocycles. The number of halogens is 1. The number of fused-ring (bicyclic) bond motifs is 1. The van der Waals surface area contributed by atoms with Crippen molar-refractivity contribution in [2.75, 3.05) is 13.2 Å². The van der Waals surface area contributed by atoms with Crippen LogP contribution < -0.4 is 10.9 Å². The third kappa shape index (κ3) is 3.34. The highest BCUT2D eigenvalue weighted by Crippen LogP contribution is 2.26. The number of benzene rings is 1. The maximum absolute atomic E-state index is 12.6. The van der Waals surface area contributed by atoms with Gasteiger partial charge in [0.15, 0.2) is 0 Å². The Kier molecular flexibility index (Phi) is 5.08. The molecule has 9 heteroatoms. The number of rotatable bonds is 5. The minimum Gasteiger partial charge on any atom is -0.394 e. The lowest BCUT2D eigenvalue weighted by molar-refractivity contribution is 0.0799. The Morgan fingerprint density at radius 1 is 1.35 bits per heavy atom. The first-order chi connectivity index (χ1) is 12.4. The normalized spacial score (nSPS) is 12.3. The molecule has 3 rings (SSSR count). The molecule has 3 aromatic rings. The van der Waals surface area contributed by atoms with Crippen LogP contribution in [0.2, 0.25) is 5.02 Å². The fourth-order valence-electron chi connectivity index (χ4n) is 2.52. The minimum atomic E-state index is -1.06. The molecule has 0 bridgehead atoms. The van der Waals surface area contributed by atoms with Gasteiger partial charge in [-0.15, -0.1) is 0 Å². The number of carbonyl (C=O) groups is 1. The van der Waals surface area contributed by atoms with Gasteiger partial charge in [-0.05, 0) is 6.07 Å². The van der Waals surface area contributed by atoms with E-state index in [9.17, 15) is 14.7 Å². The fourth-order valence-corrected chi connectivity index (χ4v) is 2.75. The molecule has 0 radical (unpaired) electrons. The molecule has 2 heterocycles. The highest BCUT2D eigenvalue weighted by Gasteiger charge is 2.17. The Bertz CT molecular complexity index is 1030. The molecule has 0 spiro atoms. The summed E-state index contributed by atoms with van der Waals surface area (Å²) in [6.07, 6.45) is 2.04. The molecular formula is C17H17ClN4O4. The van der Waals surface area contributed by atoms with Crippen LogP contribution in [0.25, 0.3) is 16.9 Å². The monoisotopic (exact) mass is 376 g/mol. The lowest BCUT2D eigenvalue weighted by Crippen LogP contribution is -2.34. The number of nitrogens with one attached hydrogen (secondary N) is 1. The number of aromatic nitrogens is 3. The van der Waals surface area contributed by atoms with E-state index in [1.165, 1.54) is 15.2 Å². The van der Waals surface area contributed by atoms with Gasteiger partial charge in [0, 0.05) is 36.6 Å². The molecule has 1 atom stereocenters. The molecule has 0 saturated carbocycles. The number of nitrogens with zero attached hydrogens (tertiary/aromatic N) is 3. The summed E-state index contributed by atoms with van der Waals surface area (Å²) in [6.45, 7) is -0.584. The van der Waals surface area contributed by atoms with Crippen molar-refractivity contribution in [3.05, 3.63) is 57.7 Å². The summed E-state index contributed by atoms with van der Waals surface area (Å²) in [4.78, 5) is 28.8. The maximum Gasteiger partial charge on any atom is 0.294 e. The highest BCUT2D eigenvalue weighted by molar-refractivity contribution is 6.33. The molecule has 26 heavy (non-hydrogen) atoms. The van der Waals surface area contributed by atoms with Gasteiger partial charge < -0.3 is 20.1 Å². The van der Waals surface area contributed by atoms with E-state index in [0.717, 1.165) is 0 Å². The van der Waals surface area contributed by atoms with Gasteiger partial charge in [-0.25, -0.2) is 4.98 Å². The molecule has 2 aromatic heterocycles. The summed E-state index contributed by atoms with van der Waals surface area (Å²) in [5, 5.41) is 21.0. The standard InChI is InChI=1S/C17H17ClN4O4/c1-21-14(11-4-2-3-5-12(11)18)8-22-7-13(20-15(22)17(21)26)16(25)19-6-10(24)9-23/h2-5,7-8,10,23-24H,6,9H2,1H3,(H,19,25)/t10-/m1/s1. The van der Waals surface area contributed by atoms with Crippen LogP contribution in [0, 0.1) is 0 Å². The highest BCUT2D eigenvalue weighted by atomic mass is 35.5. The summed E-state index contributed by atoms with van der Waals surface area (Å²) in [5.74, 6) is -0.553. The Morgan fingerprint density at radius 3 is 2.77 bits per heavy atom. The molecule has 3 N–H and O–H groups in total. The SMILES string of the molecule is Cn1c(-c2ccccc2Cl)cn2cc(C(=O)NC[C@@H](O)CO)nc2c1=O. The molecule has 136 valence electrons.